The second kappa shape index (κ2) is 5.49. The summed E-state index contributed by atoms with van der Waals surface area (Å²) in [6.45, 7) is 4.20. The molecule has 0 fully saturated rings. The van der Waals surface area contributed by atoms with Gasteiger partial charge in [0.2, 0.25) is 0 Å². The molecule has 1 rings (SSSR count). The van der Waals surface area contributed by atoms with Gasteiger partial charge in [-0.05, 0) is 6.92 Å². The summed E-state index contributed by atoms with van der Waals surface area (Å²) in [7, 11) is 0. The van der Waals surface area contributed by atoms with Gasteiger partial charge in [0.05, 0.1) is 12.8 Å². The maximum absolute atomic E-state index is 5.14. The van der Waals surface area contributed by atoms with Crippen molar-refractivity contribution in [3.05, 3.63) is 18.6 Å². The molecule has 0 saturated carbocycles. The first-order chi connectivity index (χ1) is 5.93. The third-order valence-electron chi connectivity index (χ3n) is 1.32. The molecule has 66 valence electrons. The van der Waals surface area contributed by atoms with Crippen LogP contribution in [-0.4, -0.2) is 29.7 Å². The fourth-order valence-electron chi connectivity index (χ4n) is 0.786. The van der Waals surface area contributed by atoms with Crippen LogP contribution in [0.5, 0.6) is 0 Å². The van der Waals surface area contributed by atoms with Crippen molar-refractivity contribution in [1.29, 1.82) is 0 Å². The Labute approximate surface area is 72.0 Å². The second-order valence-electron chi connectivity index (χ2n) is 2.21. The van der Waals surface area contributed by atoms with Gasteiger partial charge in [-0.25, -0.2) is 4.98 Å². The highest BCUT2D eigenvalue weighted by Gasteiger charge is 1.89. The zero-order valence-electron chi connectivity index (χ0n) is 7.16. The van der Waals surface area contributed by atoms with Crippen molar-refractivity contribution in [3.63, 3.8) is 0 Å². The Morgan fingerprint density at radius 3 is 3.08 bits per heavy atom. The summed E-state index contributed by atoms with van der Waals surface area (Å²) in [4.78, 5) is 7.96. The van der Waals surface area contributed by atoms with Gasteiger partial charge in [-0.2, -0.15) is 0 Å². The molecule has 0 aliphatic rings. The van der Waals surface area contributed by atoms with Gasteiger partial charge in [-0.15, -0.1) is 0 Å². The molecule has 4 heteroatoms. The highest BCUT2D eigenvalue weighted by atomic mass is 16.5. The summed E-state index contributed by atoms with van der Waals surface area (Å²) in [6, 6.07) is 0. The molecule has 0 spiro atoms. The minimum absolute atomic E-state index is 0.701. The normalized spacial score (nSPS) is 9.75. The predicted octanol–water partition coefficient (Wildman–Crippen LogP) is 0.925. The average Bonchev–Trinajstić information content (AvgIpc) is 2.14. The van der Waals surface area contributed by atoms with Crippen LogP contribution in [0.2, 0.25) is 0 Å². The van der Waals surface area contributed by atoms with Crippen LogP contribution >= 0.6 is 0 Å². The van der Waals surface area contributed by atoms with Crippen LogP contribution in [0.4, 0.5) is 5.82 Å². The first-order valence-corrected chi connectivity index (χ1v) is 4.01. The number of anilines is 1. The van der Waals surface area contributed by atoms with Crippen LogP contribution in [0.1, 0.15) is 6.92 Å². The molecule has 1 aromatic heterocycles. The minimum atomic E-state index is 0.701. The van der Waals surface area contributed by atoms with Crippen molar-refractivity contribution in [2.75, 3.05) is 25.1 Å². The number of aromatic nitrogens is 2. The number of nitrogens with zero attached hydrogens (tertiary/aromatic N) is 2. The molecule has 0 saturated heterocycles. The van der Waals surface area contributed by atoms with Crippen LogP contribution in [0.3, 0.4) is 0 Å². The molecule has 0 amide bonds. The van der Waals surface area contributed by atoms with Gasteiger partial charge < -0.3 is 10.1 Å². The Morgan fingerprint density at radius 2 is 2.42 bits per heavy atom. The molecule has 4 nitrogen and oxygen atoms in total. The molecule has 1 aromatic rings. The fourth-order valence-corrected chi connectivity index (χ4v) is 0.786. The lowest BCUT2D eigenvalue weighted by atomic mass is 10.6. The minimum Gasteiger partial charge on any atom is -0.380 e. The zero-order chi connectivity index (χ0) is 8.65. The summed E-state index contributed by atoms with van der Waals surface area (Å²) in [6.07, 6.45) is 4.99. The number of nitrogens with one attached hydrogen (secondary N) is 1. The Balaban J connectivity index is 2.16. The summed E-state index contributed by atoms with van der Waals surface area (Å²) >= 11 is 0. The van der Waals surface area contributed by atoms with Gasteiger partial charge in [0.25, 0.3) is 0 Å². The van der Waals surface area contributed by atoms with Gasteiger partial charge in [0.1, 0.15) is 5.82 Å². The second-order valence-corrected chi connectivity index (χ2v) is 2.21. The maximum atomic E-state index is 5.14. The van der Waals surface area contributed by atoms with E-state index >= 15 is 0 Å². The lowest BCUT2D eigenvalue weighted by molar-refractivity contribution is 0.158. The van der Waals surface area contributed by atoms with Crippen LogP contribution in [0.15, 0.2) is 18.6 Å². The van der Waals surface area contributed by atoms with Crippen molar-refractivity contribution < 1.29 is 4.74 Å². The summed E-state index contributed by atoms with van der Waals surface area (Å²) in [5.41, 5.74) is 0. The number of rotatable bonds is 5. The van der Waals surface area contributed by atoms with E-state index in [2.05, 4.69) is 15.3 Å². The smallest absolute Gasteiger partial charge is 0.144 e. The lowest BCUT2D eigenvalue weighted by Crippen LogP contribution is -2.10. The van der Waals surface area contributed by atoms with Crippen molar-refractivity contribution >= 4 is 5.82 Å². The van der Waals surface area contributed by atoms with E-state index in [9.17, 15) is 0 Å². The summed E-state index contributed by atoms with van der Waals surface area (Å²) in [5, 5.41) is 3.08. The van der Waals surface area contributed by atoms with E-state index in [4.69, 9.17) is 4.74 Å². The van der Waals surface area contributed by atoms with Crippen molar-refractivity contribution in [2.45, 2.75) is 6.92 Å². The highest BCUT2D eigenvalue weighted by molar-refractivity contribution is 5.29. The lowest BCUT2D eigenvalue weighted by Gasteiger charge is -2.03. The molecular weight excluding hydrogens is 154 g/mol. The Kier molecular flexibility index (Phi) is 4.08. The van der Waals surface area contributed by atoms with E-state index in [1.165, 1.54) is 0 Å². The molecule has 0 aliphatic carbocycles. The van der Waals surface area contributed by atoms with E-state index in [1.54, 1.807) is 18.6 Å². The van der Waals surface area contributed by atoms with Gasteiger partial charge >= 0.3 is 0 Å². The van der Waals surface area contributed by atoms with Gasteiger partial charge in [-0.3, -0.25) is 4.98 Å². The average molecular weight is 167 g/mol. The molecule has 0 bridgehead atoms. The molecule has 0 aromatic carbocycles. The summed E-state index contributed by atoms with van der Waals surface area (Å²) in [5.74, 6) is 0.789. The third-order valence-corrected chi connectivity index (χ3v) is 1.32. The van der Waals surface area contributed by atoms with Crippen molar-refractivity contribution in [3.8, 4) is 0 Å². The Morgan fingerprint density at radius 1 is 1.50 bits per heavy atom. The van der Waals surface area contributed by atoms with E-state index in [1.807, 2.05) is 6.92 Å². The topological polar surface area (TPSA) is 47.0 Å². The van der Waals surface area contributed by atoms with Crippen molar-refractivity contribution in [2.24, 2.45) is 0 Å². The Bertz CT molecular complexity index is 203. The Hall–Kier alpha value is -1.16. The van der Waals surface area contributed by atoms with Gasteiger partial charge in [0, 0.05) is 25.5 Å². The number of hydrogen-bond donors (Lipinski definition) is 1. The highest BCUT2D eigenvalue weighted by Crippen LogP contribution is 1.94. The van der Waals surface area contributed by atoms with E-state index < -0.39 is 0 Å². The number of ether oxygens (including phenoxy) is 1. The van der Waals surface area contributed by atoms with Crippen LogP contribution in [0.25, 0.3) is 0 Å². The number of hydrogen-bond acceptors (Lipinski definition) is 4. The molecule has 0 atom stereocenters. The van der Waals surface area contributed by atoms with Gasteiger partial charge in [-0.1, -0.05) is 0 Å². The molecule has 0 aliphatic heterocycles. The quantitative estimate of drug-likeness (QED) is 0.662. The maximum Gasteiger partial charge on any atom is 0.144 e. The van der Waals surface area contributed by atoms with E-state index in [0.29, 0.717) is 6.61 Å². The molecular formula is C8H13N3O. The van der Waals surface area contributed by atoms with Gasteiger partial charge in [0.15, 0.2) is 0 Å². The monoisotopic (exact) mass is 167 g/mol. The fraction of sp³-hybridized carbons (Fsp3) is 0.500. The summed E-state index contributed by atoms with van der Waals surface area (Å²) < 4.78 is 5.14. The van der Waals surface area contributed by atoms with Crippen molar-refractivity contribution in [1.82, 2.24) is 9.97 Å². The van der Waals surface area contributed by atoms with Crippen LogP contribution in [0, 0.1) is 0 Å². The first kappa shape index (κ1) is 8.93. The van der Waals surface area contributed by atoms with Crippen LogP contribution in [-0.2, 0) is 4.74 Å². The van der Waals surface area contributed by atoms with E-state index in [-0.39, 0.29) is 0 Å². The van der Waals surface area contributed by atoms with E-state index in [0.717, 1.165) is 19.0 Å². The molecule has 0 radical (unpaired) electrons. The predicted molar refractivity (Wildman–Crippen MR) is 47.0 cm³/mol. The molecule has 1 N–H and O–H groups in total. The first-order valence-electron chi connectivity index (χ1n) is 4.01. The molecule has 12 heavy (non-hydrogen) atoms. The largest absolute Gasteiger partial charge is 0.380 e. The zero-order valence-corrected chi connectivity index (χ0v) is 7.16. The standard InChI is InChI=1S/C8H13N3O/c1-2-12-6-5-11-8-7-9-3-4-10-8/h3-4,7H,2,5-6H2,1H3,(H,10,11). The third kappa shape index (κ3) is 3.30. The van der Waals surface area contributed by atoms with Crippen LogP contribution < -0.4 is 5.32 Å². The molecule has 0 unspecified atom stereocenters. The SMILES string of the molecule is CCOCCNc1cnccn1. The molecule has 1 heterocycles.